The molecule has 0 atom stereocenters. The summed E-state index contributed by atoms with van der Waals surface area (Å²) in [5.74, 6) is 0.834. The van der Waals surface area contributed by atoms with Crippen LogP contribution in [-0.2, 0) is 7.05 Å². The van der Waals surface area contributed by atoms with Crippen LogP contribution < -0.4 is 4.57 Å². The SMILES string of the molecule is Cc1ccc2c(c1)n(O)c(C)[n+]2C. The third kappa shape index (κ3) is 1.00. The molecule has 2 rings (SSSR count). The van der Waals surface area contributed by atoms with Crippen molar-refractivity contribution in [3.05, 3.63) is 29.6 Å². The third-order valence-corrected chi connectivity index (χ3v) is 2.51. The van der Waals surface area contributed by atoms with Gasteiger partial charge in [0.05, 0.1) is 7.05 Å². The Morgan fingerprint density at radius 1 is 1.31 bits per heavy atom. The fourth-order valence-electron chi connectivity index (χ4n) is 1.58. The van der Waals surface area contributed by atoms with Crippen LogP contribution in [0.15, 0.2) is 18.2 Å². The molecular weight excluding hydrogens is 164 g/mol. The lowest BCUT2D eigenvalue weighted by atomic mass is 10.2. The van der Waals surface area contributed by atoms with Crippen molar-refractivity contribution in [1.82, 2.24) is 4.73 Å². The number of hydrogen-bond acceptors (Lipinski definition) is 1. The van der Waals surface area contributed by atoms with Gasteiger partial charge in [0.25, 0.3) is 5.82 Å². The molecule has 1 aromatic heterocycles. The van der Waals surface area contributed by atoms with Gasteiger partial charge in [-0.3, -0.25) is 0 Å². The van der Waals surface area contributed by atoms with Gasteiger partial charge in [-0.1, -0.05) is 6.07 Å². The zero-order chi connectivity index (χ0) is 9.59. The van der Waals surface area contributed by atoms with E-state index in [1.807, 2.05) is 43.7 Å². The van der Waals surface area contributed by atoms with E-state index in [2.05, 4.69) is 0 Å². The number of aryl methyl sites for hydroxylation is 2. The first kappa shape index (κ1) is 8.10. The van der Waals surface area contributed by atoms with Crippen molar-refractivity contribution >= 4 is 11.0 Å². The molecule has 0 aliphatic carbocycles. The highest BCUT2D eigenvalue weighted by atomic mass is 16.5. The minimum absolute atomic E-state index is 0.834. The van der Waals surface area contributed by atoms with Crippen LogP contribution >= 0.6 is 0 Å². The van der Waals surface area contributed by atoms with Gasteiger partial charge in [-0.05, 0) is 29.4 Å². The number of rotatable bonds is 0. The first-order valence-electron chi connectivity index (χ1n) is 4.28. The fraction of sp³-hybridized carbons (Fsp3) is 0.300. The number of benzene rings is 1. The Bertz CT molecular complexity index is 471. The van der Waals surface area contributed by atoms with Crippen LogP contribution in [0.5, 0.6) is 0 Å². The lowest BCUT2D eigenvalue weighted by molar-refractivity contribution is -0.653. The lowest BCUT2D eigenvalue weighted by Gasteiger charge is -1.89. The maximum Gasteiger partial charge on any atom is 0.294 e. The largest absolute Gasteiger partial charge is 0.349 e. The van der Waals surface area contributed by atoms with Crippen LogP contribution in [0.1, 0.15) is 11.4 Å². The van der Waals surface area contributed by atoms with Crippen molar-refractivity contribution in [2.75, 3.05) is 0 Å². The quantitative estimate of drug-likeness (QED) is 0.477. The summed E-state index contributed by atoms with van der Waals surface area (Å²) in [6, 6.07) is 6.04. The van der Waals surface area contributed by atoms with E-state index in [0.717, 1.165) is 22.4 Å². The number of imidazole rings is 1. The molecule has 0 saturated carbocycles. The molecule has 0 bridgehead atoms. The molecule has 0 spiro atoms. The third-order valence-electron chi connectivity index (χ3n) is 2.51. The minimum Gasteiger partial charge on any atom is -0.349 e. The van der Waals surface area contributed by atoms with Crippen molar-refractivity contribution in [1.29, 1.82) is 0 Å². The van der Waals surface area contributed by atoms with E-state index in [1.54, 1.807) is 0 Å². The summed E-state index contributed by atoms with van der Waals surface area (Å²) < 4.78 is 3.19. The van der Waals surface area contributed by atoms with Gasteiger partial charge >= 0.3 is 0 Å². The van der Waals surface area contributed by atoms with Gasteiger partial charge in [0, 0.05) is 6.92 Å². The minimum atomic E-state index is 0.834. The summed E-state index contributed by atoms with van der Waals surface area (Å²) in [7, 11) is 1.94. The predicted octanol–water partition coefficient (Wildman–Crippen LogP) is 1.32. The van der Waals surface area contributed by atoms with E-state index in [0.29, 0.717) is 0 Å². The zero-order valence-electron chi connectivity index (χ0n) is 8.07. The smallest absolute Gasteiger partial charge is 0.294 e. The van der Waals surface area contributed by atoms with Crippen molar-refractivity contribution < 1.29 is 9.77 Å². The highest BCUT2D eigenvalue weighted by molar-refractivity contribution is 5.72. The molecule has 3 nitrogen and oxygen atoms in total. The van der Waals surface area contributed by atoms with E-state index in [-0.39, 0.29) is 0 Å². The molecule has 0 amide bonds. The second-order valence-electron chi connectivity index (χ2n) is 3.41. The topological polar surface area (TPSA) is 29.0 Å². The van der Waals surface area contributed by atoms with Crippen LogP contribution in [0.25, 0.3) is 11.0 Å². The Morgan fingerprint density at radius 3 is 2.69 bits per heavy atom. The van der Waals surface area contributed by atoms with Gasteiger partial charge in [0.1, 0.15) is 0 Å². The molecule has 3 heteroatoms. The summed E-state index contributed by atoms with van der Waals surface area (Å²) in [6.07, 6.45) is 0. The molecule has 0 aliphatic rings. The molecule has 2 aromatic rings. The molecule has 68 valence electrons. The maximum atomic E-state index is 9.70. The normalized spacial score (nSPS) is 11.0. The summed E-state index contributed by atoms with van der Waals surface area (Å²) in [4.78, 5) is 0. The van der Waals surface area contributed by atoms with Gasteiger partial charge < -0.3 is 5.21 Å². The zero-order valence-corrected chi connectivity index (χ0v) is 8.07. The lowest BCUT2D eigenvalue weighted by Crippen LogP contribution is -2.30. The van der Waals surface area contributed by atoms with Gasteiger partial charge in [-0.2, -0.15) is 0 Å². The second-order valence-corrected chi connectivity index (χ2v) is 3.41. The second kappa shape index (κ2) is 2.49. The van der Waals surface area contributed by atoms with Crippen molar-refractivity contribution in [3.63, 3.8) is 0 Å². The molecule has 1 heterocycles. The van der Waals surface area contributed by atoms with Crippen LogP contribution in [0, 0.1) is 13.8 Å². The van der Waals surface area contributed by atoms with Crippen molar-refractivity contribution in [2.24, 2.45) is 7.05 Å². The molecule has 1 N–H and O–H groups in total. The number of hydrogen-bond donors (Lipinski definition) is 1. The average Bonchev–Trinajstić information content (AvgIpc) is 2.32. The first-order chi connectivity index (χ1) is 6.11. The van der Waals surface area contributed by atoms with Gasteiger partial charge in [-0.25, -0.2) is 4.57 Å². The van der Waals surface area contributed by atoms with Crippen LogP contribution in [0.3, 0.4) is 0 Å². The Kier molecular flexibility index (Phi) is 1.55. The van der Waals surface area contributed by atoms with Crippen LogP contribution in [0.4, 0.5) is 0 Å². The van der Waals surface area contributed by atoms with Crippen molar-refractivity contribution in [3.8, 4) is 0 Å². The first-order valence-corrected chi connectivity index (χ1v) is 4.28. The average molecular weight is 177 g/mol. The van der Waals surface area contributed by atoms with E-state index < -0.39 is 0 Å². The Balaban J connectivity index is 2.95. The highest BCUT2D eigenvalue weighted by Gasteiger charge is 2.17. The Hall–Kier alpha value is -1.51. The fourth-order valence-corrected chi connectivity index (χ4v) is 1.58. The standard InChI is InChI=1S/C10H13N2O/c1-7-4-5-9-10(6-7)12(13)8(2)11(9)3/h4-6,13H,1-3H3/q+1. The van der Waals surface area contributed by atoms with E-state index in [4.69, 9.17) is 0 Å². The predicted molar refractivity (Wildman–Crippen MR) is 49.8 cm³/mol. The maximum absolute atomic E-state index is 9.70. The van der Waals surface area contributed by atoms with Crippen LogP contribution in [-0.4, -0.2) is 9.94 Å². The van der Waals surface area contributed by atoms with Crippen LogP contribution in [0.2, 0.25) is 0 Å². The molecule has 0 unspecified atom stereocenters. The summed E-state index contributed by atoms with van der Waals surface area (Å²) in [6.45, 7) is 3.90. The molecule has 13 heavy (non-hydrogen) atoms. The van der Waals surface area contributed by atoms with Crippen molar-refractivity contribution in [2.45, 2.75) is 13.8 Å². The molecule has 0 radical (unpaired) electrons. The molecule has 0 fully saturated rings. The van der Waals surface area contributed by atoms with E-state index >= 15 is 0 Å². The summed E-state index contributed by atoms with van der Waals surface area (Å²) >= 11 is 0. The van der Waals surface area contributed by atoms with Gasteiger partial charge in [0.2, 0.25) is 5.52 Å². The molecule has 0 saturated heterocycles. The molecule has 0 aliphatic heterocycles. The molecule has 1 aromatic carbocycles. The highest BCUT2D eigenvalue weighted by Crippen LogP contribution is 2.13. The number of nitrogens with zero attached hydrogens (tertiary/aromatic N) is 2. The van der Waals surface area contributed by atoms with E-state index in [1.165, 1.54) is 4.73 Å². The van der Waals surface area contributed by atoms with Gasteiger partial charge in [-0.15, -0.1) is 0 Å². The Morgan fingerprint density at radius 2 is 2.00 bits per heavy atom. The van der Waals surface area contributed by atoms with Gasteiger partial charge in [0.15, 0.2) is 5.52 Å². The number of fused-ring (bicyclic) bond motifs is 1. The monoisotopic (exact) mass is 177 g/mol. The molecular formula is C10H13N2O+. The summed E-state index contributed by atoms with van der Waals surface area (Å²) in [5, 5.41) is 9.70. The Labute approximate surface area is 76.8 Å². The summed E-state index contributed by atoms with van der Waals surface area (Å²) in [5.41, 5.74) is 3.06. The number of aromatic nitrogens is 2. The van der Waals surface area contributed by atoms with E-state index in [9.17, 15) is 5.21 Å².